The Morgan fingerprint density at radius 3 is 2.50 bits per heavy atom. The summed E-state index contributed by atoms with van der Waals surface area (Å²) in [4.78, 5) is 25.0. The van der Waals surface area contributed by atoms with Crippen LogP contribution in [-0.4, -0.2) is 29.6 Å². The van der Waals surface area contributed by atoms with Crippen LogP contribution in [0, 0.1) is 5.92 Å². The summed E-state index contributed by atoms with van der Waals surface area (Å²) in [5.74, 6) is -0.608. The van der Waals surface area contributed by atoms with Crippen molar-refractivity contribution in [2.24, 2.45) is 5.92 Å². The van der Waals surface area contributed by atoms with Gasteiger partial charge in [0.05, 0.1) is 17.9 Å². The lowest BCUT2D eigenvalue weighted by Gasteiger charge is -2.21. The molecule has 0 saturated heterocycles. The number of Topliss-reactive ketones (excluding diaryl/α,β-unsaturated/α-hetero) is 1. The molecule has 0 aliphatic rings. The molecule has 1 N–H and O–H groups in total. The molecule has 5 nitrogen and oxygen atoms in total. The number of phenolic OH excluding ortho intramolecular Hbond substituents is 1. The highest BCUT2D eigenvalue weighted by Crippen LogP contribution is 2.36. The predicted octanol–water partition coefficient (Wildman–Crippen LogP) is 4.17. The molecule has 0 aliphatic carbocycles. The molecule has 0 fully saturated rings. The lowest BCUT2D eigenvalue weighted by Crippen LogP contribution is -2.28. The number of rotatable bonds is 5. The zero-order valence-electron chi connectivity index (χ0n) is 14.5. The quantitative estimate of drug-likeness (QED) is 0.647. The number of hydrogen-bond donors (Lipinski definition) is 1. The Balaban J connectivity index is 2.15. The molecule has 1 aromatic carbocycles. The third kappa shape index (κ3) is 4.26. The first-order valence-corrected chi connectivity index (χ1v) is 8.49. The second kappa shape index (κ2) is 6.81. The van der Waals surface area contributed by atoms with Crippen molar-refractivity contribution in [3.05, 3.63) is 23.1 Å². The fraction of sp³-hybridized carbons (Fsp3) is 0.444. The maximum atomic E-state index is 12.4. The van der Waals surface area contributed by atoms with Gasteiger partial charge in [-0.2, -0.15) is 0 Å². The van der Waals surface area contributed by atoms with Crippen LogP contribution in [0.3, 0.4) is 0 Å². The first kappa shape index (κ1) is 18.3. The summed E-state index contributed by atoms with van der Waals surface area (Å²) in [5.41, 5.74) is -0.569. The molecule has 1 unspecified atom stereocenters. The minimum atomic E-state index is -0.569. The Morgan fingerprint density at radius 1 is 1.25 bits per heavy atom. The van der Waals surface area contributed by atoms with Crippen LogP contribution >= 0.6 is 11.3 Å². The molecule has 0 aliphatic heterocycles. The summed E-state index contributed by atoms with van der Waals surface area (Å²) in [6.45, 7) is 7.08. The van der Waals surface area contributed by atoms with Gasteiger partial charge < -0.3 is 14.6 Å². The average Bonchev–Trinajstić information content (AvgIpc) is 2.87. The Morgan fingerprint density at radius 2 is 1.92 bits per heavy atom. The number of ketones is 1. The van der Waals surface area contributed by atoms with Crippen molar-refractivity contribution in [3.63, 3.8) is 0 Å². The van der Waals surface area contributed by atoms with Crippen LogP contribution in [0.25, 0.3) is 10.1 Å². The molecule has 1 atom stereocenters. The highest BCUT2D eigenvalue weighted by atomic mass is 32.1. The second-order valence-electron chi connectivity index (χ2n) is 6.73. The third-order valence-corrected chi connectivity index (χ3v) is 4.53. The Bertz CT molecular complexity index is 770. The normalized spacial score (nSPS) is 12.9. The van der Waals surface area contributed by atoms with Crippen molar-refractivity contribution in [1.29, 1.82) is 0 Å². The van der Waals surface area contributed by atoms with Crippen LogP contribution in [0.15, 0.2) is 18.2 Å². The van der Waals surface area contributed by atoms with Crippen LogP contribution in [0.5, 0.6) is 11.5 Å². The van der Waals surface area contributed by atoms with Gasteiger partial charge in [0.1, 0.15) is 5.60 Å². The lowest BCUT2D eigenvalue weighted by molar-refractivity contribution is -0.159. The molecule has 0 bridgehead atoms. The van der Waals surface area contributed by atoms with Gasteiger partial charge in [0, 0.05) is 17.2 Å². The first-order chi connectivity index (χ1) is 11.1. The molecular formula is C18H22O5S. The number of methoxy groups -OCH3 is 1. The van der Waals surface area contributed by atoms with Gasteiger partial charge in [-0.15, -0.1) is 11.3 Å². The van der Waals surface area contributed by atoms with E-state index in [2.05, 4.69) is 0 Å². The number of thiophene rings is 1. The molecule has 1 heterocycles. The molecule has 0 saturated carbocycles. The minimum Gasteiger partial charge on any atom is -0.504 e. The van der Waals surface area contributed by atoms with E-state index in [0.717, 1.165) is 10.1 Å². The number of aromatic hydroxyl groups is 1. The molecule has 2 aromatic rings. The SMILES string of the molecule is COc1cc2sc(C(=O)CC(C)C(=O)OC(C)(C)C)cc2cc1O. The van der Waals surface area contributed by atoms with E-state index in [1.54, 1.807) is 45.9 Å². The zero-order chi connectivity index (χ0) is 18.1. The summed E-state index contributed by atoms with van der Waals surface area (Å²) in [7, 11) is 1.48. The number of fused-ring (bicyclic) bond motifs is 1. The van der Waals surface area contributed by atoms with E-state index < -0.39 is 11.5 Å². The molecule has 0 radical (unpaired) electrons. The standard InChI is InChI=1S/C18H22O5S/c1-10(17(21)23-18(2,3)4)6-13(20)16-8-11-7-12(19)14(22-5)9-15(11)24-16/h7-10,19H,6H2,1-5H3. The van der Waals surface area contributed by atoms with Crippen molar-refractivity contribution < 1.29 is 24.2 Å². The summed E-state index contributed by atoms with van der Waals surface area (Å²) in [6.07, 6.45) is 0.0881. The Labute approximate surface area is 145 Å². The summed E-state index contributed by atoms with van der Waals surface area (Å²) >= 11 is 1.32. The van der Waals surface area contributed by atoms with Crippen LogP contribution in [0.4, 0.5) is 0 Å². The molecule has 0 spiro atoms. The lowest BCUT2D eigenvalue weighted by atomic mass is 10.0. The average molecular weight is 350 g/mol. The largest absolute Gasteiger partial charge is 0.504 e. The maximum Gasteiger partial charge on any atom is 0.309 e. The van der Waals surface area contributed by atoms with Gasteiger partial charge in [0.2, 0.25) is 0 Å². The topological polar surface area (TPSA) is 72.8 Å². The van der Waals surface area contributed by atoms with E-state index in [9.17, 15) is 14.7 Å². The second-order valence-corrected chi connectivity index (χ2v) is 7.82. The van der Waals surface area contributed by atoms with Crippen LogP contribution in [-0.2, 0) is 9.53 Å². The van der Waals surface area contributed by atoms with Gasteiger partial charge in [-0.3, -0.25) is 9.59 Å². The van der Waals surface area contributed by atoms with E-state index in [-0.39, 0.29) is 23.9 Å². The predicted molar refractivity (Wildman–Crippen MR) is 94.0 cm³/mol. The van der Waals surface area contributed by atoms with Gasteiger partial charge >= 0.3 is 5.97 Å². The van der Waals surface area contributed by atoms with Gasteiger partial charge in [0.25, 0.3) is 0 Å². The van der Waals surface area contributed by atoms with Crippen molar-refractivity contribution in [2.45, 2.75) is 39.7 Å². The van der Waals surface area contributed by atoms with E-state index in [0.29, 0.717) is 10.6 Å². The number of ether oxygens (including phenoxy) is 2. The number of carbonyl (C=O) groups is 2. The molecule has 0 amide bonds. The maximum absolute atomic E-state index is 12.4. The third-order valence-electron chi connectivity index (χ3n) is 3.39. The van der Waals surface area contributed by atoms with Gasteiger partial charge in [0.15, 0.2) is 17.3 Å². The summed E-state index contributed by atoms with van der Waals surface area (Å²) < 4.78 is 11.2. The number of benzene rings is 1. The van der Waals surface area contributed by atoms with Crippen molar-refractivity contribution >= 4 is 33.2 Å². The molecule has 6 heteroatoms. The van der Waals surface area contributed by atoms with Crippen molar-refractivity contribution in [3.8, 4) is 11.5 Å². The molecule has 2 rings (SSSR count). The summed E-state index contributed by atoms with van der Waals surface area (Å²) in [6, 6.07) is 4.99. The van der Waals surface area contributed by atoms with Crippen molar-refractivity contribution in [2.75, 3.05) is 7.11 Å². The van der Waals surface area contributed by atoms with E-state index in [4.69, 9.17) is 9.47 Å². The van der Waals surface area contributed by atoms with E-state index in [1.165, 1.54) is 18.4 Å². The van der Waals surface area contributed by atoms with Gasteiger partial charge in [-0.25, -0.2) is 0 Å². The van der Waals surface area contributed by atoms with Crippen LogP contribution in [0.2, 0.25) is 0 Å². The van der Waals surface area contributed by atoms with Gasteiger partial charge in [-0.1, -0.05) is 6.92 Å². The number of esters is 1. The molecule has 24 heavy (non-hydrogen) atoms. The monoisotopic (exact) mass is 350 g/mol. The number of carbonyl (C=O) groups excluding carboxylic acids is 2. The zero-order valence-corrected chi connectivity index (χ0v) is 15.3. The number of hydrogen-bond acceptors (Lipinski definition) is 6. The van der Waals surface area contributed by atoms with Gasteiger partial charge in [-0.05, 0) is 38.3 Å². The molecular weight excluding hydrogens is 328 g/mol. The number of phenols is 1. The van der Waals surface area contributed by atoms with Crippen LogP contribution < -0.4 is 4.74 Å². The highest BCUT2D eigenvalue weighted by molar-refractivity contribution is 7.20. The smallest absolute Gasteiger partial charge is 0.309 e. The van der Waals surface area contributed by atoms with Crippen LogP contribution in [0.1, 0.15) is 43.8 Å². The fourth-order valence-electron chi connectivity index (χ4n) is 2.22. The molecule has 1 aromatic heterocycles. The van der Waals surface area contributed by atoms with E-state index >= 15 is 0 Å². The minimum absolute atomic E-state index is 0.0314. The fourth-order valence-corrected chi connectivity index (χ4v) is 3.24. The van der Waals surface area contributed by atoms with E-state index in [1.807, 2.05) is 0 Å². The highest BCUT2D eigenvalue weighted by Gasteiger charge is 2.25. The Hall–Kier alpha value is -2.08. The molecule has 130 valence electrons. The van der Waals surface area contributed by atoms with Crippen molar-refractivity contribution in [1.82, 2.24) is 0 Å². The summed E-state index contributed by atoms with van der Waals surface area (Å²) in [5, 5.41) is 10.6. The first-order valence-electron chi connectivity index (χ1n) is 7.67. The Kier molecular flexibility index (Phi) is 5.18.